The first kappa shape index (κ1) is 18.6. The number of hydrazone groups is 1. The third-order valence-electron chi connectivity index (χ3n) is 3.72. The van der Waals surface area contributed by atoms with E-state index in [0.717, 1.165) is 25.3 Å². The standard InChI is InChI=1S/C20H16Br2N2O2/c1-13-2-4-14(5-3-13)11-23-24-19(25)12-26-18-9-6-15-10-16(21)7-8-17(15)20(18)22/h2-11H,12H2,1H3,(H,24,25). The summed E-state index contributed by atoms with van der Waals surface area (Å²) >= 11 is 7.00. The molecule has 0 radical (unpaired) electrons. The zero-order valence-electron chi connectivity index (χ0n) is 14.0. The Hall–Kier alpha value is -2.18. The molecule has 1 N–H and O–H groups in total. The fourth-order valence-electron chi connectivity index (χ4n) is 2.36. The van der Waals surface area contributed by atoms with Gasteiger partial charge in [-0.2, -0.15) is 5.10 Å². The van der Waals surface area contributed by atoms with Gasteiger partial charge in [0.2, 0.25) is 0 Å². The molecule has 3 aromatic carbocycles. The normalized spacial score (nSPS) is 11.0. The Kier molecular flexibility index (Phi) is 6.06. The molecule has 4 nitrogen and oxygen atoms in total. The highest BCUT2D eigenvalue weighted by molar-refractivity contribution is 9.11. The predicted molar refractivity (Wildman–Crippen MR) is 112 cm³/mol. The fraction of sp³-hybridized carbons (Fsp3) is 0.100. The van der Waals surface area contributed by atoms with E-state index >= 15 is 0 Å². The number of fused-ring (bicyclic) bond motifs is 1. The summed E-state index contributed by atoms with van der Waals surface area (Å²) in [7, 11) is 0. The molecule has 0 fully saturated rings. The van der Waals surface area contributed by atoms with Crippen molar-refractivity contribution in [2.24, 2.45) is 5.10 Å². The van der Waals surface area contributed by atoms with Crippen LogP contribution >= 0.6 is 31.9 Å². The van der Waals surface area contributed by atoms with Gasteiger partial charge in [-0.3, -0.25) is 4.79 Å². The summed E-state index contributed by atoms with van der Waals surface area (Å²) in [4.78, 5) is 11.9. The Morgan fingerprint density at radius 3 is 2.65 bits per heavy atom. The van der Waals surface area contributed by atoms with E-state index in [4.69, 9.17) is 4.74 Å². The largest absolute Gasteiger partial charge is 0.483 e. The van der Waals surface area contributed by atoms with Crippen LogP contribution in [0.2, 0.25) is 0 Å². The van der Waals surface area contributed by atoms with E-state index in [-0.39, 0.29) is 12.5 Å². The molecule has 132 valence electrons. The maximum atomic E-state index is 11.9. The molecule has 0 heterocycles. The molecule has 0 aliphatic carbocycles. The van der Waals surface area contributed by atoms with Gasteiger partial charge in [-0.25, -0.2) is 5.43 Å². The van der Waals surface area contributed by atoms with E-state index < -0.39 is 0 Å². The number of hydrogen-bond donors (Lipinski definition) is 1. The minimum Gasteiger partial charge on any atom is -0.483 e. The lowest BCUT2D eigenvalue weighted by atomic mass is 10.1. The van der Waals surface area contributed by atoms with Crippen molar-refractivity contribution >= 4 is 54.8 Å². The van der Waals surface area contributed by atoms with E-state index in [9.17, 15) is 4.79 Å². The van der Waals surface area contributed by atoms with E-state index in [0.29, 0.717) is 5.75 Å². The molecular formula is C20H16Br2N2O2. The first-order chi connectivity index (χ1) is 12.5. The number of carbonyl (C=O) groups excluding carboxylic acids is 1. The highest BCUT2D eigenvalue weighted by atomic mass is 79.9. The number of amides is 1. The highest BCUT2D eigenvalue weighted by Gasteiger charge is 2.08. The smallest absolute Gasteiger partial charge is 0.277 e. The second-order valence-electron chi connectivity index (χ2n) is 5.74. The molecule has 3 aromatic rings. The van der Waals surface area contributed by atoms with E-state index in [2.05, 4.69) is 42.4 Å². The summed E-state index contributed by atoms with van der Waals surface area (Å²) in [5.74, 6) is 0.286. The number of benzene rings is 3. The summed E-state index contributed by atoms with van der Waals surface area (Å²) < 4.78 is 7.44. The summed E-state index contributed by atoms with van der Waals surface area (Å²) in [5, 5.41) is 6.04. The predicted octanol–water partition coefficient (Wildman–Crippen LogP) is 5.20. The van der Waals surface area contributed by atoms with Gasteiger partial charge in [-0.15, -0.1) is 0 Å². The molecule has 26 heavy (non-hydrogen) atoms. The van der Waals surface area contributed by atoms with Crippen LogP contribution in [-0.4, -0.2) is 18.7 Å². The van der Waals surface area contributed by atoms with Crippen LogP contribution in [0.5, 0.6) is 5.75 Å². The maximum Gasteiger partial charge on any atom is 0.277 e. The minimum atomic E-state index is -0.323. The van der Waals surface area contributed by atoms with Crippen molar-refractivity contribution in [1.82, 2.24) is 5.43 Å². The Morgan fingerprint density at radius 2 is 1.88 bits per heavy atom. The van der Waals surface area contributed by atoms with Crippen molar-refractivity contribution in [2.75, 3.05) is 6.61 Å². The van der Waals surface area contributed by atoms with Crippen LogP contribution in [0.3, 0.4) is 0 Å². The average molecular weight is 476 g/mol. The third-order valence-corrected chi connectivity index (χ3v) is 5.03. The summed E-state index contributed by atoms with van der Waals surface area (Å²) in [5.41, 5.74) is 4.55. The molecule has 0 bridgehead atoms. The lowest BCUT2D eigenvalue weighted by Crippen LogP contribution is -2.24. The molecule has 0 aliphatic heterocycles. The SMILES string of the molecule is Cc1ccc(C=NNC(=O)COc2ccc3cc(Br)ccc3c2Br)cc1. The molecule has 0 unspecified atom stereocenters. The average Bonchev–Trinajstić information content (AvgIpc) is 2.63. The number of nitrogens with zero attached hydrogens (tertiary/aromatic N) is 1. The number of hydrogen-bond acceptors (Lipinski definition) is 3. The van der Waals surface area contributed by atoms with Gasteiger partial charge in [0.05, 0.1) is 10.7 Å². The molecule has 0 spiro atoms. The molecule has 0 saturated carbocycles. The van der Waals surface area contributed by atoms with Crippen LogP contribution in [0.1, 0.15) is 11.1 Å². The number of carbonyl (C=O) groups is 1. The zero-order chi connectivity index (χ0) is 18.5. The quantitative estimate of drug-likeness (QED) is 0.407. The Morgan fingerprint density at radius 1 is 1.12 bits per heavy atom. The van der Waals surface area contributed by atoms with Crippen molar-refractivity contribution in [1.29, 1.82) is 0 Å². The van der Waals surface area contributed by atoms with Gasteiger partial charge in [0.1, 0.15) is 5.75 Å². The number of halogens is 2. The minimum absolute atomic E-state index is 0.119. The Balaban J connectivity index is 1.59. The van der Waals surface area contributed by atoms with E-state index in [1.807, 2.05) is 61.5 Å². The number of aryl methyl sites for hydroxylation is 1. The summed E-state index contributed by atoms with van der Waals surface area (Å²) in [6.45, 7) is 1.90. The van der Waals surface area contributed by atoms with Crippen LogP contribution in [0.15, 0.2) is 68.6 Å². The van der Waals surface area contributed by atoms with Crippen LogP contribution in [0.4, 0.5) is 0 Å². The van der Waals surface area contributed by atoms with E-state index in [1.165, 1.54) is 5.56 Å². The molecule has 0 aliphatic rings. The summed E-state index contributed by atoms with van der Waals surface area (Å²) in [6, 6.07) is 17.6. The zero-order valence-corrected chi connectivity index (χ0v) is 17.2. The topological polar surface area (TPSA) is 50.7 Å². The Labute approximate surface area is 168 Å². The van der Waals surface area contributed by atoms with Crippen molar-refractivity contribution in [2.45, 2.75) is 6.92 Å². The van der Waals surface area contributed by atoms with Crippen molar-refractivity contribution in [3.05, 3.63) is 74.7 Å². The van der Waals surface area contributed by atoms with Crippen LogP contribution in [0.25, 0.3) is 10.8 Å². The van der Waals surface area contributed by atoms with E-state index in [1.54, 1.807) is 6.21 Å². The molecular weight excluding hydrogens is 460 g/mol. The molecule has 0 atom stereocenters. The first-order valence-corrected chi connectivity index (χ1v) is 9.51. The Bertz CT molecular complexity index is 969. The van der Waals surface area contributed by atoms with Crippen LogP contribution < -0.4 is 10.2 Å². The van der Waals surface area contributed by atoms with Gasteiger partial charge < -0.3 is 4.74 Å². The molecule has 1 amide bonds. The van der Waals surface area contributed by atoms with Gasteiger partial charge in [-0.05, 0) is 57.4 Å². The van der Waals surface area contributed by atoms with Gasteiger partial charge in [-0.1, -0.05) is 57.9 Å². The molecule has 0 saturated heterocycles. The van der Waals surface area contributed by atoms with Crippen molar-refractivity contribution < 1.29 is 9.53 Å². The van der Waals surface area contributed by atoms with Gasteiger partial charge in [0.25, 0.3) is 5.91 Å². The third kappa shape index (κ3) is 4.71. The monoisotopic (exact) mass is 474 g/mol. The van der Waals surface area contributed by atoms with Gasteiger partial charge >= 0.3 is 0 Å². The first-order valence-electron chi connectivity index (χ1n) is 7.92. The number of ether oxygens (including phenoxy) is 1. The molecule has 3 rings (SSSR count). The van der Waals surface area contributed by atoms with Crippen LogP contribution in [-0.2, 0) is 4.79 Å². The number of rotatable bonds is 5. The lowest BCUT2D eigenvalue weighted by Gasteiger charge is -2.10. The van der Waals surface area contributed by atoms with Crippen LogP contribution in [0, 0.1) is 6.92 Å². The van der Waals surface area contributed by atoms with Crippen molar-refractivity contribution in [3.63, 3.8) is 0 Å². The second kappa shape index (κ2) is 8.47. The molecule has 6 heteroatoms. The summed E-state index contributed by atoms with van der Waals surface area (Å²) in [6.07, 6.45) is 1.60. The van der Waals surface area contributed by atoms with Gasteiger partial charge in [0, 0.05) is 4.47 Å². The maximum absolute atomic E-state index is 11.9. The second-order valence-corrected chi connectivity index (χ2v) is 7.44. The highest BCUT2D eigenvalue weighted by Crippen LogP contribution is 2.34. The fourth-order valence-corrected chi connectivity index (χ4v) is 3.35. The van der Waals surface area contributed by atoms with Gasteiger partial charge in [0.15, 0.2) is 6.61 Å². The number of nitrogens with one attached hydrogen (secondary N) is 1. The van der Waals surface area contributed by atoms with Crippen molar-refractivity contribution in [3.8, 4) is 5.75 Å². The lowest BCUT2D eigenvalue weighted by molar-refractivity contribution is -0.123. The molecule has 0 aromatic heterocycles.